The zero-order valence-corrected chi connectivity index (χ0v) is 14.4. The third kappa shape index (κ3) is 5.43. The number of amides is 1. The van der Waals surface area contributed by atoms with E-state index >= 15 is 0 Å². The van der Waals surface area contributed by atoms with E-state index in [0.717, 1.165) is 65.1 Å². The molecule has 2 aliphatic rings. The maximum Gasteiger partial charge on any atom is 0.410 e. The minimum atomic E-state index is -0.134. The van der Waals surface area contributed by atoms with Crippen molar-refractivity contribution in [1.29, 1.82) is 0 Å². The second-order valence-corrected chi connectivity index (χ2v) is 7.04. The maximum atomic E-state index is 12.2. The molecule has 22 heavy (non-hydrogen) atoms. The van der Waals surface area contributed by atoms with Crippen molar-refractivity contribution in [2.45, 2.75) is 58.6 Å². The lowest BCUT2D eigenvalue weighted by molar-refractivity contribution is 0.0434. The van der Waals surface area contributed by atoms with E-state index < -0.39 is 0 Å². The summed E-state index contributed by atoms with van der Waals surface area (Å²) < 4.78 is 11.1. The monoisotopic (exact) mass is 312 g/mol. The van der Waals surface area contributed by atoms with Gasteiger partial charge in [-0.3, -0.25) is 4.90 Å². The lowest BCUT2D eigenvalue weighted by Gasteiger charge is -2.37. The van der Waals surface area contributed by atoms with Crippen molar-refractivity contribution in [2.24, 2.45) is 5.92 Å². The molecule has 0 bridgehead atoms. The van der Waals surface area contributed by atoms with Crippen molar-refractivity contribution in [2.75, 3.05) is 39.4 Å². The molecule has 2 aliphatic heterocycles. The molecule has 2 fully saturated rings. The quantitative estimate of drug-likeness (QED) is 0.800. The molecule has 2 heterocycles. The number of rotatable bonds is 4. The molecule has 2 saturated heterocycles. The predicted molar refractivity (Wildman–Crippen MR) is 87.0 cm³/mol. The standard InChI is InChI=1S/C17H32N2O3/c1-14(2)13-15(3)22-17(20)19-8-5-16(6-9-19)18-7-4-11-21-12-10-18/h14-16H,4-13H2,1-3H3/t15-/m1/s1. The number of carbonyl (C=O) groups is 1. The molecule has 5 heteroatoms. The molecule has 0 N–H and O–H groups in total. The highest BCUT2D eigenvalue weighted by atomic mass is 16.6. The van der Waals surface area contributed by atoms with Crippen LogP contribution in [0.2, 0.25) is 0 Å². The van der Waals surface area contributed by atoms with Gasteiger partial charge in [-0.2, -0.15) is 0 Å². The first-order valence-corrected chi connectivity index (χ1v) is 8.83. The second kappa shape index (κ2) is 8.73. The smallest absolute Gasteiger partial charge is 0.410 e. The van der Waals surface area contributed by atoms with E-state index in [0.29, 0.717) is 12.0 Å². The zero-order chi connectivity index (χ0) is 15.9. The first-order valence-electron chi connectivity index (χ1n) is 8.83. The van der Waals surface area contributed by atoms with Crippen LogP contribution in [-0.2, 0) is 9.47 Å². The molecule has 0 unspecified atom stereocenters. The van der Waals surface area contributed by atoms with E-state index in [2.05, 4.69) is 18.7 Å². The van der Waals surface area contributed by atoms with Crippen LogP contribution in [0.3, 0.4) is 0 Å². The average Bonchev–Trinajstić information content (AvgIpc) is 2.75. The Labute approximate surface area is 134 Å². The van der Waals surface area contributed by atoms with E-state index in [1.165, 1.54) is 0 Å². The van der Waals surface area contributed by atoms with Gasteiger partial charge in [0, 0.05) is 38.8 Å². The SMILES string of the molecule is CC(C)C[C@@H](C)OC(=O)N1CCC(N2CCCOCC2)CC1. The van der Waals surface area contributed by atoms with Gasteiger partial charge in [0.1, 0.15) is 6.10 Å². The van der Waals surface area contributed by atoms with Gasteiger partial charge < -0.3 is 14.4 Å². The van der Waals surface area contributed by atoms with Gasteiger partial charge >= 0.3 is 6.09 Å². The van der Waals surface area contributed by atoms with Crippen molar-refractivity contribution < 1.29 is 14.3 Å². The van der Waals surface area contributed by atoms with Crippen LogP contribution in [0, 0.1) is 5.92 Å². The summed E-state index contributed by atoms with van der Waals surface area (Å²) >= 11 is 0. The first-order chi connectivity index (χ1) is 10.6. The second-order valence-electron chi connectivity index (χ2n) is 7.04. The molecule has 2 rings (SSSR count). The molecule has 0 saturated carbocycles. The van der Waals surface area contributed by atoms with Crippen molar-refractivity contribution in [3.8, 4) is 0 Å². The highest BCUT2D eigenvalue weighted by Gasteiger charge is 2.28. The summed E-state index contributed by atoms with van der Waals surface area (Å²) in [5.74, 6) is 0.554. The summed E-state index contributed by atoms with van der Waals surface area (Å²) in [5, 5.41) is 0. The number of piperidine rings is 1. The molecule has 128 valence electrons. The molecule has 0 aromatic rings. The Morgan fingerprint density at radius 2 is 1.86 bits per heavy atom. The molecular formula is C17H32N2O3. The fourth-order valence-corrected chi connectivity index (χ4v) is 3.50. The number of hydrogen-bond donors (Lipinski definition) is 0. The zero-order valence-electron chi connectivity index (χ0n) is 14.4. The van der Waals surface area contributed by atoms with Crippen molar-refractivity contribution in [3.05, 3.63) is 0 Å². The van der Waals surface area contributed by atoms with Crippen LogP contribution in [-0.4, -0.2) is 67.4 Å². The van der Waals surface area contributed by atoms with Crippen LogP contribution < -0.4 is 0 Å². The topological polar surface area (TPSA) is 42.0 Å². The van der Waals surface area contributed by atoms with Crippen molar-refractivity contribution in [3.63, 3.8) is 0 Å². The van der Waals surface area contributed by atoms with Crippen LogP contribution in [0.5, 0.6) is 0 Å². The predicted octanol–water partition coefficient (Wildman–Crippen LogP) is 2.74. The molecule has 0 aromatic carbocycles. The molecule has 5 nitrogen and oxygen atoms in total. The fourth-order valence-electron chi connectivity index (χ4n) is 3.50. The van der Waals surface area contributed by atoms with E-state index in [1.54, 1.807) is 0 Å². The number of carbonyl (C=O) groups excluding carboxylic acids is 1. The molecule has 0 aliphatic carbocycles. The summed E-state index contributed by atoms with van der Waals surface area (Å²) in [7, 11) is 0. The fraction of sp³-hybridized carbons (Fsp3) is 0.941. The summed E-state index contributed by atoms with van der Waals surface area (Å²) in [6.45, 7) is 11.8. The van der Waals surface area contributed by atoms with Crippen LogP contribution in [0.25, 0.3) is 0 Å². The van der Waals surface area contributed by atoms with E-state index in [1.807, 2.05) is 11.8 Å². The van der Waals surface area contributed by atoms with Crippen LogP contribution in [0.1, 0.15) is 46.5 Å². The lowest BCUT2D eigenvalue weighted by Crippen LogP contribution is -2.48. The number of ether oxygens (including phenoxy) is 2. The Bertz CT molecular complexity index is 333. The van der Waals surface area contributed by atoms with Gasteiger partial charge in [-0.25, -0.2) is 4.79 Å². The summed E-state index contributed by atoms with van der Waals surface area (Å²) in [6.07, 6.45) is 4.02. The average molecular weight is 312 g/mol. The Balaban J connectivity index is 1.72. The Morgan fingerprint density at radius 1 is 1.14 bits per heavy atom. The van der Waals surface area contributed by atoms with Gasteiger partial charge in [0.2, 0.25) is 0 Å². The van der Waals surface area contributed by atoms with Gasteiger partial charge in [-0.05, 0) is 38.5 Å². The van der Waals surface area contributed by atoms with E-state index in [4.69, 9.17) is 9.47 Å². The third-order valence-corrected chi connectivity index (χ3v) is 4.60. The highest BCUT2D eigenvalue weighted by Crippen LogP contribution is 2.19. The van der Waals surface area contributed by atoms with Crippen LogP contribution in [0.15, 0.2) is 0 Å². The molecule has 0 aromatic heterocycles. The van der Waals surface area contributed by atoms with Crippen LogP contribution >= 0.6 is 0 Å². The van der Waals surface area contributed by atoms with E-state index in [-0.39, 0.29) is 12.2 Å². The number of hydrogen-bond acceptors (Lipinski definition) is 4. The molecule has 0 spiro atoms. The highest BCUT2D eigenvalue weighted by molar-refractivity contribution is 5.67. The Hall–Kier alpha value is -0.810. The minimum absolute atomic E-state index is 0.00739. The summed E-state index contributed by atoms with van der Waals surface area (Å²) in [5.41, 5.74) is 0. The number of likely N-dealkylation sites (tertiary alicyclic amines) is 1. The van der Waals surface area contributed by atoms with Gasteiger partial charge in [0.05, 0.1) is 6.61 Å². The van der Waals surface area contributed by atoms with Crippen LogP contribution in [0.4, 0.5) is 4.79 Å². The molecule has 1 atom stereocenters. The van der Waals surface area contributed by atoms with E-state index in [9.17, 15) is 4.79 Å². The normalized spacial score (nSPS) is 23.4. The molecular weight excluding hydrogens is 280 g/mol. The summed E-state index contributed by atoms with van der Waals surface area (Å²) in [4.78, 5) is 16.6. The lowest BCUT2D eigenvalue weighted by atomic mass is 10.0. The Kier molecular flexibility index (Phi) is 6.96. The summed E-state index contributed by atoms with van der Waals surface area (Å²) in [6, 6.07) is 0.596. The van der Waals surface area contributed by atoms with Gasteiger partial charge in [-0.15, -0.1) is 0 Å². The maximum absolute atomic E-state index is 12.2. The van der Waals surface area contributed by atoms with Gasteiger partial charge in [0.15, 0.2) is 0 Å². The first kappa shape index (κ1) is 17.5. The van der Waals surface area contributed by atoms with Crippen molar-refractivity contribution >= 4 is 6.09 Å². The van der Waals surface area contributed by atoms with Gasteiger partial charge in [-0.1, -0.05) is 13.8 Å². The minimum Gasteiger partial charge on any atom is -0.446 e. The van der Waals surface area contributed by atoms with Crippen molar-refractivity contribution in [1.82, 2.24) is 9.80 Å². The Morgan fingerprint density at radius 3 is 2.55 bits per heavy atom. The largest absolute Gasteiger partial charge is 0.446 e. The third-order valence-electron chi connectivity index (χ3n) is 4.60. The van der Waals surface area contributed by atoms with Gasteiger partial charge in [0.25, 0.3) is 0 Å². The number of nitrogens with zero attached hydrogens (tertiary/aromatic N) is 2. The molecule has 0 radical (unpaired) electrons. The molecule has 1 amide bonds.